The number of anilines is 1. The molecule has 1 aromatic carbocycles. The van der Waals surface area contributed by atoms with Gasteiger partial charge in [-0.3, -0.25) is 4.90 Å². The number of primary amides is 1. The molecule has 1 aromatic heterocycles. The zero-order valence-electron chi connectivity index (χ0n) is 12.1. The summed E-state index contributed by atoms with van der Waals surface area (Å²) >= 11 is 1.42. The minimum absolute atomic E-state index is 0.219. The smallest absolute Gasteiger partial charge is 0.321 e. The summed E-state index contributed by atoms with van der Waals surface area (Å²) in [6.45, 7) is 3.91. The first kappa shape index (κ1) is 15.5. The second-order valence-electron chi connectivity index (χ2n) is 5.02. The topological polar surface area (TPSA) is 79.5 Å². The van der Waals surface area contributed by atoms with Gasteiger partial charge in [0.05, 0.1) is 12.6 Å². The molecular weight excluding hydrogens is 286 g/mol. The number of benzene rings is 1. The number of nitrogens with zero attached hydrogens (tertiary/aromatic N) is 2. The Balaban J connectivity index is 2.39. The van der Waals surface area contributed by atoms with E-state index < -0.39 is 12.1 Å². The molecule has 0 radical (unpaired) electrons. The van der Waals surface area contributed by atoms with Crippen LogP contribution in [-0.2, 0) is 0 Å². The molecule has 0 fully saturated rings. The van der Waals surface area contributed by atoms with E-state index in [1.807, 2.05) is 30.3 Å². The number of aliphatic hydroxyl groups excluding tert-OH is 1. The van der Waals surface area contributed by atoms with Gasteiger partial charge in [0, 0.05) is 11.1 Å². The summed E-state index contributed by atoms with van der Waals surface area (Å²) in [6.07, 6.45) is 1.75. The minimum atomic E-state index is -0.623. The van der Waals surface area contributed by atoms with Crippen molar-refractivity contribution >= 4 is 22.5 Å². The van der Waals surface area contributed by atoms with Crippen molar-refractivity contribution in [2.24, 2.45) is 5.73 Å². The molecular formula is C15H19N3O2S. The first-order valence-electron chi connectivity index (χ1n) is 6.74. The van der Waals surface area contributed by atoms with Gasteiger partial charge in [-0.25, -0.2) is 9.78 Å². The summed E-state index contributed by atoms with van der Waals surface area (Å²) in [6, 6.07) is 8.16. The predicted octanol–water partition coefficient (Wildman–Crippen LogP) is 2.89. The molecule has 3 N–H and O–H groups in total. The lowest BCUT2D eigenvalue weighted by Crippen LogP contribution is -2.40. The van der Waals surface area contributed by atoms with E-state index in [2.05, 4.69) is 18.8 Å². The summed E-state index contributed by atoms with van der Waals surface area (Å²) < 4.78 is 0. The van der Waals surface area contributed by atoms with Crippen LogP contribution in [0.2, 0.25) is 0 Å². The van der Waals surface area contributed by atoms with Crippen molar-refractivity contribution in [3.05, 3.63) is 47.0 Å². The highest BCUT2D eigenvalue weighted by Gasteiger charge is 2.27. The van der Waals surface area contributed by atoms with Gasteiger partial charge in [-0.05, 0) is 11.5 Å². The third-order valence-corrected chi connectivity index (χ3v) is 4.49. The van der Waals surface area contributed by atoms with Crippen LogP contribution in [0.25, 0.3) is 0 Å². The third-order valence-electron chi connectivity index (χ3n) is 3.19. The fraction of sp³-hybridized carbons (Fsp3) is 0.333. The highest BCUT2D eigenvalue weighted by atomic mass is 32.1. The first-order chi connectivity index (χ1) is 10.0. The quantitative estimate of drug-likeness (QED) is 0.891. The molecule has 112 valence electrons. The van der Waals surface area contributed by atoms with E-state index >= 15 is 0 Å². The fourth-order valence-corrected chi connectivity index (χ4v) is 3.02. The Morgan fingerprint density at radius 3 is 2.52 bits per heavy atom. The third kappa shape index (κ3) is 3.40. The molecule has 1 heterocycles. The number of thiazole rings is 1. The van der Waals surface area contributed by atoms with Crippen molar-refractivity contribution in [3.8, 4) is 0 Å². The fourth-order valence-electron chi connectivity index (χ4n) is 2.05. The molecule has 5 nitrogen and oxygen atoms in total. The normalized spacial score (nSPS) is 12.4. The molecule has 2 rings (SSSR count). The zero-order valence-corrected chi connectivity index (χ0v) is 12.9. The molecule has 2 aromatic rings. The lowest BCUT2D eigenvalue weighted by Gasteiger charge is -2.27. The van der Waals surface area contributed by atoms with E-state index in [1.54, 1.807) is 6.20 Å². The highest BCUT2D eigenvalue weighted by molar-refractivity contribution is 7.15. The van der Waals surface area contributed by atoms with E-state index in [0.717, 1.165) is 10.4 Å². The number of urea groups is 1. The van der Waals surface area contributed by atoms with Gasteiger partial charge in [0.15, 0.2) is 5.13 Å². The monoisotopic (exact) mass is 305 g/mol. The highest BCUT2D eigenvalue weighted by Crippen LogP contribution is 2.33. The minimum Gasteiger partial charge on any atom is -0.394 e. The maximum atomic E-state index is 11.9. The average Bonchev–Trinajstić information content (AvgIpc) is 2.94. The number of nitrogens with two attached hydrogens (primary N) is 1. The number of rotatable bonds is 5. The lowest BCUT2D eigenvalue weighted by molar-refractivity contribution is 0.236. The van der Waals surface area contributed by atoms with Gasteiger partial charge in [0.25, 0.3) is 0 Å². The number of hydrogen-bond donors (Lipinski definition) is 2. The van der Waals surface area contributed by atoms with Crippen molar-refractivity contribution < 1.29 is 9.90 Å². The Morgan fingerprint density at radius 1 is 1.38 bits per heavy atom. The molecule has 21 heavy (non-hydrogen) atoms. The molecule has 0 aliphatic carbocycles. The largest absolute Gasteiger partial charge is 0.394 e. The Hall–Kier alpha value is -1.92. The Bertz CT molecular complexity index is 598. The van der Waals surface area contributed by atoms with Crippen molar-refractivity contribution in [1.82, 2.24) is 4.98 Å². The number of carbonyl (C=O) groups is 1. The van der Waals surface area contributed by atoms with Crippen LogP contribution in [0.1, 0.15) is 36.2 Å². The number of amides is 2. The van der Waals surface area contributed by atoms with Crippen LogP contribution in [0.15, 0.2) is 36.5 Å². The molecule has 0 bridgehead atoms. The maximum Gasteiger partial charge on any atom is 0.321 e. The van der Waals surface area contributed by atoms with E-state index in [9.17, 15) is 9.90 Å². The first-order valence-corrected chi connectivity index (χ1v) is 7.56. The van der Waals surface area contributed by atoms with Crippen LogP contribution in [0.3, 0.4) is 0 Å². The average molecular weight is 305 g/mol. The summed E-state index contributed by atoms with van der Waals surface area (Å²) in [4.78, 5) is 18.6. The van der Waals surface area contributed by atoms with Crippen LogP contribution in [0.4, 0.5) is 9.93 Å². The van der Waals surface area contributed by atoms with E-state index in [4.69, 9.17) is 5.73 Å². The summed E-state index contributed by atoms with van der Waals surface area (Å²) in [5, 5.41) is 10.2. The second-order valence-corrected chi connectivity index (χ2v) is 6.06. The van der Waals surface area contributed by atoms with E-state index in [0.29, 0.717) is 11.0 Å². The Morgan fingerprint density at radius 2 is 2.05 bits per heavy atom. The van der Waals surface area contributed by atoms with Crippen molar-refractivity contribution in [2.75, 3.05) is 11.5 Å². The predicted molar refractivity (Wildman–Crippen MR) is 84.5 cm³/mol. The van der Waals surface area contributed by atoms with Crippen molar-refractivity contribution in [2.45, 2.75) is 25.8 Å². The van der Waals surface area contributed by atoms with Crippen LogP contribution < -0.4 is 10.6 Å². The summed E-state index contributed by atoms with van der Waals surface area (Å²) in [5.41, 5.74) is 6.33. The summed E-state index contributed by atoms with van der Waals surface area (Å²) in [7, 11) is 0. The van der Waals surface area contributed by atoms with Gasteiger partial charge in [-0.1, -0.05) is 44.2 Å². The van der Waals surface area contributed by atoms with Gasteiger partial charge in [0.2, 0.25) is 0 Å². The summed E-state index contributed by atoms with van der Waals surface area (Å²) in [5.74, 6) is 0.329. The number of carbonyl (C=O) groups excluding carboxylic acids is 1. The molecule has 6 heteroatoms. The van der Waals surface area contributed by atoms with Crippen molar-refractivity contribution in [1.29, 1.82) is 0 Å². The number of aliphatic hydroxyl groups is 1. The van der Waals surface area contributed by atoms with E-state index in [-0.39, 0.29) is 6.61 Å². The molecule has 2 amide bonds. The molecule has 0 saturated carbocycles. The number of hydrogen-bond acceptors (Lipinski definition) is 4. The van der Waals surface area contributed by atoms with Crippen LogP contribution in [0.5, 0.6) is 0 Å². The van der Waals surface area contributed by atoms with Gasteiger partial charge >= 0.3 is 6.03 Å². The SMILES string of the molecule is CC(C)c1cnc(N(C(N)=O)[C@@H](CO)c2ccccc2)s1. The van der Waals surface area contributed by atoms with Crippen LogP contribution in [-0.4, -0.2) is 22.7 Å². The Labute approximate surface area is 128 Å². The standard InChI is InChI=1S/C15H19N3O2S/c1-10(2)13-8-17-15(21-13)18(14(16)20)12(9-19)11-6-4-3-5-7-11/h3-8,10,12,19H,9H2,1-2H3,(H2,16,20)/t12-/m0/s1. The van der Waals surface area contributed by atoms with Crippen LogP contribution >= 0.6 is 11.3 Å². The lowest BCUT2D eigenvalue weighted by atomic mass is 10.1. The van der Waals surface area contributed by atoms with Crippen LogP contribution in [0, 0.1) is 0 Å². The van der Waals surface area contributed by atoms with Gasteiger partial charge < -0.3 is 10.8 Å². The number of aromatic nitrogens is 1. The molecule has 0 spiro atoms. The molecule has 1 atom stereocenters. The van der Waals surface area contributed by atoms with E-state index in [1.165, 1.54) is 16.2 Å². The van der Waals surface area contributed by atoms with Gasteiger partial charge in [-0.15, -0.1) is 11.3 Å². The zero-order chi connectivity index (χ0) is 15.4. The van der Waals surface area contributed by atoms with Gasteiger partial charge in [0.1, 0.15) is 0 Å². The molecule has 0 aliphatic rings. The molecule has 0 unspecified atom stereocenters. The van der Waals surface area contributed by atoms with Gasteiger partial charge in [-0.2, -0.15) is 0 Å². The molecule has 0 aliphatic heterocycles. The van der Waals surface area contributed by atoms with Crippen molar-refractivity contribution in [3.63, 3.8) is 0 Å². The maximum absolute atomic E-state index is 11.9. The second kappa shape index (κ2) is 6.69. The molecule has 0 saturated heterocycles. The Kier molecular flexibility index (Phi) is 4.93.